The van der Waals surface area contributed by atoms with Gasteiger partial charge in [-0.15, -0.1) is 0 Å². The summed E-state index contributed by atoms with van der Waals surface area (Å²) >= 11 is 0. The number of carbonyl (C=O) groups is 2. The van der Waals surface area contributed by atoms with Gasteiger partial charge in [-0.3, -0.25) is 9.59 Å². The number of nitrogens with zero attached hydrogens (tertiary/aromatic N) is 3. The molecule has 1 aliphatic heterocycles. The molecule has 0 N–H and O–H groups in total. The predicted molar refractivity (Wildman–Crippen MR) is 105 cm³/mol. The van der Waals surface area contributed by atoms with E-state index in [9.17, 15) is 14.0 Å². The molecule has 6 heteroatoms. The minimum absolute atomic E-state index is 0.0638. The Hall–Kier alpha value is -2.89. The molecule has 1 atom stereocenters. The molecule has 5 nitrogen and oxygen atoms in total. The smallest absolute Gasteiger partial charge is 0.295 e. The Balaban J connectivity index is 1.56. The van der Waals surface area contributed by atoms with E-state index < -0.39 is 11.2 Å². The summed E-state index contributed by atoms with van der Waals surface area (Å²) in [6.07, 6.45) is 3.34. The summed E-state index contributed by atoms with van der Waals surface area (Å²) in [6, 6.07) is 11.6. The van der Waals surface area contributed by atoms with Gasteiger partial charge in [0, 0.05) is 24.4 Å². The molecule has 1 aromatic heterocycles. The zero-order valence-electron chi connectivity index (χ0n) is 15.8. The normalized spacial score (nSPS) is 23.6. The molecule has 4 rings (SSSR count). The molecule has 28 heavy (non-hydrogen) atoms. The topological polar surface area (TPSA) is 62.6 Å². The van der Waals surface area contributed by atoms with Crippen LogP contribution in [0, 0.1) is 18.2 Å². The van der Waals surface area contributed by atoms with E-state index in [-0.39, 0.29) is 11.8 Å². The van der Waals surface area contributed by atoms with Gasteiger partial charge in [0.15, 0.2) is 0 Å². The molecule has 1 saturated heterocycles. The molecule has 0 unspecified atom stereocenters. The SMILES string of the molecule is Cc1cccc(C(=O)N=C2CCC[C@]3(CCN(c4ccccc4F)C3=O)C2)n1. The van der Waals surface area contributed by atoms with Gasteiger partial charge in [0.05, 0.1) is 11.1 Å². The minimum Gasteiger partial charge on any atom is -0.309 e. The van der Waals surface area contributed by atoms with Crippen molar-refractivity contribution in [1.82, 2.24) is 4.98 Å². The summed E-state index contributed by atoms with van der Waals surface area (Å²) in [6.45, 7) is 2.31. The summed E-state index contributed by atoms with van der Waals surface area (Å²) in [4.78, 5) is 35.7. The standard InChI is InChI=1S/C22H22FN3O2/c1-15-6-4-9-18(24-15)20(27)25-16-7-5-11-22(14-16)12-13-26(21(22)28)19-10-3-2-8-17(19)23/h2-4,6,8-10H,5,7,11-14H2,1H3/t22-/m0/s1. The Labute approximate surface area is 163 Å². The van der Waals surface area contributed by atoms with Gasteiger partial charge in [0.25, 0.3) is 5.91 Å². The summed E-state index contributed by atoms with van der Waals surface area (Å²) in [5.74, 6) is -0.823. The summed E-state index contributed by atoms with van der Waals surface area (Å²) in [5, 5.41) is 0. The molecule has 1 aromatic carbocycles. The first-order chi connectivity index (χ1) is 13.5. The Morgan fingerprint density at radius 2 is 2.00 bits per heavy atom. The van der Waals surface area contributed by atoms with Gasteiger partial charge in [-0.2, -0.15) is 0 Å². The van der Waals surface area contributed by atoms with Crippen molar-refractivity contribution >= 4 is 23.2 Å². The van der Waals surface area contributed by atoms with Crippen molar-refractivity contribution in [3.63, 3.8) is 0 Å². The number of carbonyl (C=O) groups excluding carboxylic acids is 2. The second-order valence-electron chi connectivity index (χ2n) is 7.62. The van der Waals surface area contributed by atoms with E-state index in [1.165, 1.54) is 6.07 Å². The highest BCUT2D eigenvalue weighted by Gasteiger charge is 2.49. The van der Waals surface area contributed by atoms with Crippen molar-refractivity contribution in [1.29, 1.82) is 0 Å². The molecular weight excluding hydrogens is 357 g/mol. The summed E-state index contributed by atoms with van der Waals surface area (Å²) in [7, 11) is 0. The monoisotopic (exact) mass is 379 g/mol. The average molecular weight is 379 g/mol. The van der Waals surface area contributed by atoms with Gasteiger partial charge in [0.1, 0.15) is 11.5 Å². The molecule has 2 amide bonds. The van der Waals surface area contributed by atoms with Crippen LogP contribution in [0.1, 0.15) is 48.3 Å². The minimum atomic E-state index is -0.584. The lowest BCUT2D eigenvalue weighted by molar-refractivity contribution is -0.126. The fourth-order valence-corrected chi connectivity index (χ4v) is 4.27. The van der Waals surface area contributed by atoms with E-state index in [1.807, 2.05) is 13.0 Å². The lowest BCUT2D eigenvalue weighted by Gasteiger charge is -2.32. The van der Waals surface area contributed by atoms with E-state index in [0.29, 0.717) is 37.2 Å². The van der Waals surface area contributed by atoms with E-state index in [0.717, 1.165) is 24.2 Å². The quantitative estimate of drug-likeness (QED) is 0.789. The van der Waals surface area contributed by atoms with Crippen LogP contribution in [0.4, 0.5) is 10.1 Å². The van der Waals surface area contributed by atoms with Gasteiger partial charge >= 0.3 is 0 Å². The zero-order valence-corrected chi connectivity index (χ0v) is 15.8. The van der Waals surface area contributed by atoms with Crippen molar-refractivity contribution in [2.24, 2.45) is 10.4 Å². The Morgan fingerprint density at radius 3 is 2.79 bits per heavy atom. The first-order valence-corrected chi connectivity index (χ1v) is 9.59. The first kappa shape index (κ1) is 18.5. The second-order valence-corrected chi connectivity index (χ2v) is 7.62. The molecule has 2 aliphatic rings. The van der Waals surface area contributed by atoms with E-state index in [2.05, 4.69) is 9.98 Å². The molecular formula is C22H22FN3O2. The van der Waals surface area contributed by atoms with E-state index in [4.69, 9.17) is 0 Å². The number of aliphatic imine (C=N–C) groups is 1. The van der Waals surface area contributed by atoms with Gasteiger partial charge in [-0.25, -0.2) is 14.4 Å². The Morgan fingerprint density at radius 1 is 1.18 bits per heavy atom. The van der Waals surface area contributed by atoms with Crippen molar-refractivity contribution in [3.8, 4) is 0 Å². The lowest BCUT2D eigenvalue weighted by atomic mass is 9.72. The van der Waals surface area contributed by atoms with Crippen LogP contribution >= 0.6 is 0 Å². The number of aryl methyl sites for hydroxylation is 1. The van der Waals surface area contributed by atoms with Gasteiger partial charge in [-0.05, 0) is 56.9 Å². The summed E-state index contributed by atoms with van der Waals surface area (Å²) < 4.78 is 14.2. The molecule has 1 aliphatic carbocycles. The number of halogens is 1. The number of hydrogen-bond donors (Lipinski definition) is 0. The molecule has 144 valence electrons. The number of benzene rings is 1. The molecule has 0 radical (unpaired) electrons. The van der Waals surface area contributed by atoms with E-state index >= 15 is 0 Å². The molecule has 1 saturated carbocycles. The maximum absolute atomic E-state index is 14.2. The van der Waals surface area contributed by atoms with Crippen LogP contribution in [0.15, 0.2) is 47.5 Å². The molecule has 2 fully saturated rings. The zero-order chi connectivity index (χ0) is 19.7. The molecule has 0 bridgehead atoms. The number of pyridine rings is 1. The van der Waals surface area contributed by atoms with Crippen LogP contribution in [-0.2, 0) is 4.79 Å². The van der Waals surface area contributed by atoms with Crippen molar-refractivity contribution in [2.75, 3.05) is 11.4 Å². The van der Waals surface area contributed by atoms with Gasteiger partial charge in [0.2, 0.25) is 5.91 Å². The fraction of sp³-hybridized carbons (Fsp3) is 0.364. The van der Waals surface area contributed by atoms with Gasteiger partial charge in [-0.1, -0.05) is 18.2 Å². The Bertz CT molecular complexity index is 972. The number of amides is 2. The number of para-hydroxylation sites is 1. The number of rotatable bonds is 2. The fourth-order valence-electron chi connectivity index (χ4n) is 4.27. The van der Waals surface area contributed by atoms with Crippen molar-refractivity contribution in [3.05, 3.63) is 59.7 Å². The number of anilines is 1. The lowest BCUT2D eigenvalue weighted by Crippen LogP contribution is -2.39. The maximum atomic E-state index is 14.2. The van der Waals surface area contributed by atoms with Crippen LogP contribution < -0.4 is 4.90 Å². The third-order valence-electron chi connectivity index (χ3n) is 5.69. The Kier molecular flexibility index (Phi) is 4.79. The van der Waals surface area contributed by atoms with Gasteiger partial charge < -0.3 is 4.90 Å². The molecule has 2 aromatic rings. The molecule has 1 spiro atoms. The van der Waals surface area contributed by atoms with Crippen LogP contribution in [0.3, 0.4) is 0 Å². The van der Waals surface area contributed by atoms with Crippen molar-refractivity contribution < 1.29 is 14.0 Å². The van der Waals surface area contributed by atoms with Crippen molar-refractivity contribution in [2.45, 2.75) is 39.0 Å². The highest BCUT2D eigenvalue weighted by atomic mass is 19.1. The first-order valence-electron chi connectivity index (χ1n) is 9.59. The third kappa shape index (κ3) is 3.35. The summed E-state index contributed by atoms with van der Waals surface area (Å²) in [5.41, 5.74) is 1.56. The number of aromatic nitrogens is 1. The average Bonchev–Trinajstić information content (AvgIpc) is 2.98. The van der Waals surface area contributed by atoms with Crippen LogP contribution in [0.25, 0.3) is 0 Å². The number of hydrogen-bond acceptors (Lipinski definition) is 3. The van der Waals surface area contributed by atoms with E-state index in [1.54, 1.807) is 35.2 Å². The maximum Gasteiger partial charge on any atom is 0.295 e. The van der Waals surface area contributed by atoms with Crippen LogP contribution in [0.5, 0.6) is 0 Å². The van der Waals surface area contributed by atoms with Crippen LogP contribution in [-0.4, -0.2) is 29.1 Å². The molecule has 2 heterocycles. The highest BCUT2D eigenvalue weighted by Crippen LogP contribution is 2.45. The predicted octanol–water partition coefficient (Wildman–Crippen LogP) is 4.11. The largest absolute Gasteiger partial charge is 0.309 e. The third-order valence-corrected chi connectivity index (χ3v) is 5.69. The highest BCUT2D eigenvalue weighted by molar-refractivity contribution is 6.07. The second kappa shape index (κ2) is 7.26. The van der Waals surface area contributed by atoms with Crippen LogP contribution in [0.2, 0.25) is 0 Å².